The number of Topliss-reactive ketones (excluding diaryl/α,β-unsaturated/α-hetero) is 1. The van der Waals surface area contributed by atoms with Crippen molar-refractivity contribution in [3.05, 3.63) is 46.5 Å². The molecule has 6 heteroatoms. The Bertz CT molecular complexity index is 737. The number of hydrogen-bond donors (Lipinski definition) is 1. The third-order valence-electron chi connectivity index (χ3n) is 3.88. The second-order valence-electron chi connectivity index (χ2n) is 6.05. The zero-order chi connectivity index (χ0) is 15.9. The van der Waals surface area contributed by atoms with Crippen LogP contribution in [-0.2, 0) is 0 Å². The minimum absolute atomic E-state index is 0.0251. The number of carbonyl (C=O) groups is 2. The molecule has 0 fully saturated rings. The summed E-state index contributed by atoms with van der Waals surface area (Å²) >= 11 is 1.09. The summed E-state index contributed by atoms with van der Waals surface area (Å²) in [5.41, 5.74) is 6.55. The Morgan fingerprint density at radius 2 is 2.05 bits per heavy atom. The quantitative estimate of drug-likeness (QED) is 0.921. The van der Waals surface area contributed by atoms with E-state index in [9.17, 15) is 9.59 Å². The van der Waals surface area contributed by atoms with Crippen LogP contribution >= 0.6 is 11.3 Å². The van der Waals surface area contributed by atoms with Crippen molar-refractivity contribution in [2.24, 2.45) is 11.1 Å². The SMILES string of the molecule is CC1(C)CC(=O)c2sc(OC(N)=O)nc2C1c1ccccc1. The molecule has 0 spiro atoms. The molecular formula is C16H16N2O3S. The lowest BCUT2D eigenvalue weighted by Gasteiger charge is -2.37. The predicted octanol–water partition coefficient (Wildman–Crippen LogP) is 3.35. The molecule has 0 saturated heterocycles. The Kier molecular flexibility index (Phi) is 3.48. The van der Waals surface area contributed by atoms with Crippen molar-refractivity contribution in [2.45, 2.75) is 26.2 Å². The Morgan fingerprint density at radius 3 is 2.68 bits per heavy atom. The van der Waals surface area contributed by atoms with Gasteiger partial charge in [-0.3, -0.25) is 4.79 Å². The molecule has 0 bridgehead atoms. The average Bonchev–Trinajstić information content (AvgIpc) is 2.81. The molecule has 1 amide bonds. The van der Waals surface area contributed by atoms with E-state index < -0.39 is 6.09 Å². The van der Waals surface area contributed by atoms with Gasteiger partial charge in [-0.05, 0) is 11.0 Å². The van der Waals surface area contributed by atoms with Crippen molar-refractivity contribution in [1.82, 2.24) is 4.98 Å². The van der Waals surface area contributed by atoms with Crippen LogP contribution in [0.4, 0.5) is 4.79 Å². The molecule has 1 atom stereocenters. The molecule has 2 N–H and O–H groups in total. The molecule has 5 nitrogen and oxygen atoms in total. The molecule has 0 radical (unpaired) electrons. The van der Waals surface area contributed by atoms with E-state index in [0.29, 0.717) is 17.0 Å². The van der Waals surface area contributed by atoms with Crippen LogP contribution in [0.5, 0.6) is 5.19 Å². The highest BCUT2D eigenvalue weighted by Crippen LogP contribution is 2.50. The first-order valence-corrected chi connectivity index (χ1v) is 7.76. The Hall–Kier alpha value is -2.21. The van der Waals surface area contributed by atoms with Crippen molar-refractivity contribution < 1.29 is 14.3 Å². The van der Waals surface area contributed by atoms with Crippen LogP contribution in [0.3, 0.4) is 0 Å². The topological polar surface area (TPSA) is 82.3 Å². The summed E-state index contributed by atoms with van der Waals surface area (Å²) in [6.07, 6.45) is -0.494. The van der Waals surface area contributed by atoms with Gasteiger partial charge in [0.15, 0.2) is 5.78 Å². The van der Waals surface area contributed by atoms with Gasteiger partial charge in [-0.25, -0.2) is 9.78 Å². The minimum atomic E-state index is -0.922. The van der Waals surface area contributed by atoms with Gasteiger partial charge >= 0.3 is 6.09 Å². The minimum Gasteiger partial charge on any atom is -0.381 e. The number of nitrogens with two attached hydrogens (primary N) is 1. The fourth-order valence-electron chi connectivity index (χ4n) is 3.06. The largest absolute Gasteiger partial charge is 0.411 e. The number of aromatic nitrogens is 1. The van der Waals surface area contributed by atoms with Crippen molar-refractivity contribution in [1.29, 1.82) is 0 Å². The molecule has 2 aromatic rings. The third-order valence-corrected chi connectivity index (χ3v) is 4.87. The number of hydrogen-bond acceptors (Lipinski definition) is 5. The molecule has 0 saturated carbocycles. The summed E-state index contributed by atoms with van der Waals surface area (Å²) in [5, 5.41) is 0.129. The van der Waals surface area contributed by atoms with E-state index in [-0.39, 0.29) is 22.3 Å². The lowest BCUT2D eigenvalue weighted by molar-refractivity contribution is 0.0900. The number of rotatable bonds is 2. The number of ether oxygens (including phenoxy) is 1. The molecule has 1 aliphatic carbocycles. The van der Waals surface area contributed by atoms with E-state index in [2.05, 4.69) is 18.8 Å². The number of ketones is 1. The van der Waals surface area contributed by atoms with Gasteiger partial charge in [0.05, 0.1) is 10.6 Å². The van der Waals surface area contributed by atoms with Crippen LogP contribution in [-0.4, -0.2) is 16.9 Å². The summed E-state index contributed by atoms with van der Waals surface area (Å²) in [6.45, 7) is 4.11. The van der Waals surface area contributed by atoms with Crippen molar-refractivity contribution in [3.8, 4) is 5.19 Å². The molecule has 114 valence electrons. The first kappa shape index (κ1) is 14.7. The smallest absolute Gasteiger partial charge is 0.381 e. The van der Waals surface area contributed by atoms with Crippen molar-refractivity contribution in [3.63, 3.8) is 0 Å². The van der Waals surface area contributed by atoms with E-state index in [1.165, 1.54) is 0 Å². The monoisotopic (exact) mass is 316 g/mol. The fourth-order valence-corrected chi connectivity index (χ4v) is 3.95. The summed E-state index contributed by atoms with van der Waals surface area (Å²) in [7, 11) is 0. The lowest BCUT2D eigenvalue weighted by Crippen LogP contribution is -2.32. The van der Waals surface area contributed by atoms with Gasteiger partial charge < -0.3 is 10.5 Å². The van der Waals surface area contributed by atoms with Gasteiger partial charge in [0, 0.05) is 12.3 Å². The molecule has 0 aliphatic heterocycles. The fraction of sp³-hybridized carbons (Fsp3) is 0.312. The predicted molar refractivity (Wildman–Crippen MR) is 83.3 cm³/mol. The number of carbonyl (C=O) groups excluding carboxylic acids is 2. The molecule has 1 aromatic heterocycles. The number of primary amides is 1. The Labute approximate surface area is 132 Å². The zero-order valence-corrected chi connectivity index (χ0v) is 13.1. The second kappa shape index (κ2) is 5.21. The van der Waals surface area contributed by atoms with E-state index in [1.54, 1.807) is 0 Å². The van der Waals surface area contributed by atoms with E-state index in [4.69, 9.17) is 10.5 Å². The maximum atomic E-state index is 12.4. The van der Waals surface area contributed by atoms with Crippen LogP contribution in [0.15, 0.2) is 30.3 Å². The van der Waals surface area contributed by atoms with Crippen LogP contribution in [0, 0.1) is 5.41 Å². The second-order valence-corrected chi connectivity index (χ2v) is 7.01. The number of benzene rings is 1. The molecule has 1 aromatic carbocycles. The highest BCUT2D eigenvalue weighted by atomic mass is 32.1. The van der Waals surface area contributed by atoms with Crippen LogP contribution in [0.1, 0.15) is 47.1 Å². The van der Waals surface area contributed by atoms with E-state index >= 15 is 0 Å². The summed E-state index contributed by atoms with van der Waals surface area (Å²) < 4.78 is 4.86. The maximum absolute atomic E-state index is 12.4. The maximum Gasteiger partial charge on any atom is 0.411 e. The first-order chi connectivity index (χ1) is 10.4. The number of thiazole rings is 1. The van der Waals surface area contributed by atoms with Gasteiger partial charge in [0.25, 0.3) is 5.19 Å². The molecular weight excluding hydrogens is 300 g/mol. The zero-order valence-electron chi connectivity index (χ0n) is 12.3. The normalized spacial score (nSPS) is 19.5. The van der Waals surface area contributed by atoms with E-state index in [0.717, 1.165) is 16.9 Å². The van der Waals surface area contributed by atoms with Crippen LogP contribution < -0.4 is 10.5 Å². The molecule has 22 heavy (non-hydrogen) atoms. The van der Waals surface area contributed by atoms with E-state index in [1.807, 2.05) is 30.3 Å². The molecule has 3 rings (SSSR count). The Balaban J connectivity index is 2.13. The summed E-state index contributed by atoms with van der Waals surface area (Å²) in [5.74, 6) is 0.00637. The standard InChI is InChI=1S/C16H16N2O3S/c1-16(2)8-10(19)13-12(18-15(22-13)21-14(17)20)11(16)9-6-4-3-5-7-9/h3-7,11H,8H2,1-2H3,(H2,17,20). The van der Waals surface area contributed by atoms with Crippen molar-refractivity contribution >= 4 is 23.2 Å². The molecule has 1 unspecified atom stereocenters. The lowest BCUT2D eigenvalue weighted by atomic mass is 9.66. The number of amides is 1. The summed E-state index contributed by atoms with van der Waals surface area (Å²) in [4.78, 5) is 28.2. The molecule has 1 heterocycles. The summed E-state index contributed by atoms with van der Waals surface area (Å²) in [6, 6.07) is 9.94. The van der Waals surface area contributed by atoms with Crippen LogP contribution in [0.25, 0.3) is 0 Å². The third kappa shape index (κ3) is 2.50. The van der Waals surface area contributed by atoms with Gasteiger partial charge in [-0.2, -0.15) is 0 Å². The van der Waals surface area contributed by atoms with Crippen molar-refractivity contribution in [2.75, 3.05) is 0 Å². The Morgan fingerprint density at radius 1 is 1.36 bits per heavy atom. The van der Waals surface area contributed by atoms with Crippen LogP contribution in [0.2, 0.25) is 0 Å². The highest BCUT2D eigenvalue weighted by molar-refractivity contribution is 7.15. The first-order valence-electron chi connectivity index (χ1n) is 6.94. The number of nitrogens with zero attached hydrogens (tertiary/aromatic N) is 1. The highest BCUT2D eigenvalue weighted by Gasteiger charge is 2.43. The van der Waals surface area contributed by atoms with Gasteiger partial charge in [0.2, 0.25) is 0 Å². The average molecular weight is 316 g/mol. The number of fused-ring (bicyclic) bond motifs is 1. The van der Waals surface area contributed by atoms with Gasteiger partial charge in [-0.15, -0.1) is 0 Å². The molecule has 1 aliphatic rings. The van der Waals surface area contributed by atoms with Gasteiger partial charge in [-0.1, -0.05) is 55.5 Å². The van der Waals surface area contributed by atoms with Gasteiger partial charge in [0.1, 0.15) is 0 Å².